The van der Waals surface area contributed by atoms with Crippen LogP contribution in [0.4, 0.5) is 11.6 Å². The number of aromatic nitrogens is 2. The fourth-order valence-corrected chi connectivity index (χ4v) is 2.69. The quantitative estimate of drug-likeness (QED) is 0.648. The van der Waals surface area contributed by atoms with Crippen LogP contribution in [0, 0.1) is 0 Å². The zero-order chi connectivity index (χ0) is 19.9. The van der Waals surface area contributed by atoms with E-state index in [2.05, 4.69) is 20.8 Å². The third-order valence-electron chi connectivity index (χ3n) is 4.22. The summed E-state index contributed by atoms with van der Waals surface area (Å²) in [4.78, 5) is 12.4. The van der Waals surface area contributed by atoms with Crippen molar-refractivity contribution in [2.45, 2.75) is 13.0 Å². The van der Waals surface area contributed by atoms with Gasteiger partial charge in [-0.2, -0.15) is 0 Å². The Kier molecular flexibility index (Phi) is 6.06. The number of carbonyl (C=O) groups is 1. The largest absolute Gasteiger partial charge is 0.493 e. The van der Waals surface area contributed by atoms with Crippen LogP contribution >= 0.6 is 0 Å². The van der Waals surface area contributed by atoms with Crippen molar-refractivity contribution in [1.82, 2.24) is 10.2 Å². The van der Waals surface area contributed by atoms with Crippen LogP contribution in [-0.2, 0) is 0 Å². The number of nitrogens with one attached hydrogen (secondary N) is 2. The molecule has 0 fully saturated rings. The molecule has 1 amide bonds. The molecule has 144 valence electrons. The van der Waals surface area contributed by atoms with Gasteiger partial charge in [0.2, 0.25) is 0 Å². The summed E-state index contributed by atoms with van der Waals surface area (Å²) in [5, 5.41) is 14.2. The van der Waals surface area contributed by atoms with Crippen LogP contribution in [0.25, 0.3) is 0 Å². The molecule has 0 aliphatic carbocycles. The lowest BCUT2D eigenvalue weighted by Crippen LogP contribution is -2.14. The van der Waals surface area contributed by atoms with Crippen LogP contribution in [-0.4, -0.2) is 30.3 Å². The molecular formula is C21H22N4O3. The van der Waals surface area contributed by atoms with Gasteiger partial charge in [-0.1, -0.05) is 30.3 Å². The van der Waals surface area contributed by atoms with Crippen LogP contribution in [0.2, 0.25) is 0 Å². The monoisotopic (exact) mass is 378 g/mol. The smallest absolute Gasteiger partial charge is 0.257 e. The fourth-order valence-electron chi connectivity index (χ4n) is 2.69. The third-order valence-corrected chi connectivity index (χ3v) is 4.22. The molecule has 0 radical (unpaired) electrons. The summed E-state index contributed by atoms with van der Waals surface area (Å²) in [5.74, 6) is 1.71. The molecule has 7 heteroatoms. The lowest BCUT2D eigenvalue weighted by Gasteiger charge is -2.14. The Morgan fingerprint density at radius 1 is 0.893 bits per heavy atom. The maximum Gasteiger partial charge on any atom is 0.257 e. The fraction of sp³-hybridized carbons (Fsp3) is 0.190. The van der Waals surface area contributed by atoms with Gasteiger partial charge in [-0.3, -0.25) is 4.79 Å². The molecule has 28 heavy (non-hydrogen) atoms. The summed E-state index contributed by atoms with van der Waals surface area (Å²) < 4.78 is 10.4. The van der Waals surface area contributed by atoms with Crippen molar-refractivity contribution in [3.05, 3.63) is 71.8 Å². The Hall–Kier alpha value is -3.61. The van der Waals surface area contributed by atoms with Gasteiger partial charge in [0, 0.05) is 11.6 Å². The van der Waals surface area contributed by atoms with Crippen molar-refractivity contribution in [2.24, 2.45) is 0 Å². The van der Waals surface area contributed by atoms with Gasteiger partial charge in [0.05, 0.1) is 14.2 Å². The zero-order valence-corrected chi connectivity index (χ0v) is 16.0. The molecule has 2 aromatic carbocycles. The normalized spacial score (nSPS) is 11.4. The standard InChI is InChI=1S/C21H22N4O3/c1-14(15-7-5-4-6-8-15)22-19-11-12-20(25-24-19)23-21(26)16-9-10-17(27-2)18(13-16)28-3/h4-14H,1-3H3,(H,22,24)(H,23,25,26). The number of ether oxygens (including phenoxy) is 2. The van der Waals surface area contributed by atoms with Crippen LogP contribution < -0.4 is 20.1 Å². The average Bonchev–Trinajstić information content (AvgIpc) is 2.75. The minimum atomic E-state index is -0.311. The Labute approximate surface area is 163 Å². The minimum absolute atomic E-state index is 0.0858. The Morgan fingerprint density at radius 2 is 1.57 bits per heavy atom. The van der Waals surface area contributed by atoms with Crippen molar-refractivity contribution in [3.8, 4) is 11.5 Å². The highest BCUT2D eigenvalue weighted by Crippen LogP contribution is 2.27. The number of amides is 1. The second-order valence-corrected chi connectivity index (χ2v) is 6.10. The maximum absolute atomic E-state index is 12.4. The highest BCUT2D eigenvalue weighted by Gasteiger charge is 2.12. The second-order valence-electron chi connectivity index (χ2n) is 6.10. The molecular weight excluding hydrogens is 356 g/mol. The van der Waals surface area contributed by atoms with Crippen molar-refractivity contribution >= 4 is 17.5 Å². The summed E-state index contributed by atoms with van der Waals surface area (Å²) in [5.41, 5.74) is 1.58. The van der Waals surface area contributed by atoms with Gasteiger partial charge >= 0.3 is 0 Å². The summed E-state index contributed by atoms with van der Waals surface area (Å²) in [7, 11) is 3.06. The summed E-state index contributed by atoms with van der Waals surface area (Å²) in [6.45, 7) is 2.05. The number of nitrogens with zero attached hydrogens (tertiary/aromatic N) is 2. The first-order valence-electron chi connectivity index (χ1n) is 8.79. The second kappa shape index (κ2) is 8.85. The Bertz CT molecular complexity index is 930. The van der Waals surface area contributed by atoms with Crippen LogP contribution in [0.5, 0.6) is 11.5 Å². The van der Waals surface area contributed by atoms with E-state index < -0.39 is 0 Å². The molecule has 0 aliphatic rings. The Balaban J connectivity index is 1.64. The first-order chi connectivity index (χ1) is 13.6. The van der Waals surface area contributed by atoms with Crippen LogP contribution in [0.3, 0.4) is 0 Å². The first-order valence-corrected chi connectivity index (χ1v) is 8.79. The highest BCUT2D eigenvalue weighted by molar-refractivity contribution is 6.04. The van der Waals surface area contributed by atoms with Crippen LogP contribution in [0.1, 0.15) is 28.9 Å². The molecule has 1 unspecified atom stereocenters. The van der Waals surface area contributed by atoms with E-state index in [-0.39, 0.29) is 11.9 Å². The molecule has 0 bridgehead atoms. The molecule has 0 saturated heterocycles. The minimum Gasteiger partial charge on any atom is -0.493 e. The molecule has 2 N–H and O–H groups in total. The van der Waals surface area contributed by atoms with E-state index in [0.29, 0.717) is 28.7 Å². The predicted octanol–water partition coefficient (Wildman–Crippen LogP) is 3.92. The van der Waals surface area contributed by atoms with Gasteiger partial charge < -0.3 is 20.1 Å². The van der Waals surface area contributed by atoms with E-state index in [4.69, 9.17) is 9.47 Å². The van der Waals surface area contributed by atoms with Gasteiger partial charge in [0.15, 0.2) is 17.3 Å². The third kappa shape index (κ3) is 4.56. The molecule has 1 atom stereocenters. The molecule has 1 aromatic heterocycles. The van der Waals surface area contributed by atoms with E-state index in [0.717, 1.165) is 5.56 Å². The average molecular weight is 378 g/mol. The topological polar surface area (TPSA) is 85.4 Å². The van der Waals surface area contributed by atoms with Crippen molar-refractivity contribution in [3.63, 3.8) is 0 Å². The van der Waals surface area contributed by atoms with E-state index in [1.165, 1.54) is 7.11 Å². The van der Waals surface area contributed by atoms with Crippen molar-refractivity contribution in [2.75, 3.05) is 24.9 Å². The zero-order valence-electron chi connectivity index (χ0n) is 16.0. The number of hydrogen-bond acceptors (Lipinski definition) is 6. The molecule has 3 rings (SSSR count). The molecule has 3 aromatic rings. The number of rotatable bonds is 7. The molecule has 0 aliphatic heterocycles. The first kappa shape index (κ1) is 19.2. The van der Waals surface area contributed by atoms with Crippen molar-refractivity contribution < 1.29 is 14.3 Å². The van der Waals surface area contributed by atoms with E-state index in [9.17, 15) is 4.79 Å². The molecule has 1 heterocycles. The molecule has 7 nitrogen and oxygen atoms in total. The van der Waals surface area contributed by atoms with Gasteiger partial charge in [-0.05, 0) is 42.8 Å². The Morgan fingerprint density at radius 3 is 2.21 bits per heavy atom. The summed E-state index contributed by atoms with van der Waals surface area (Å²) in [6, 6.07) is 18.6. The van der Waals surface area contributed by atoms with Crippen molar-refractivity contribution in [1.29, 1.82) is 0 Å². The lowest BCUT2D eigenvalue weighted by atomic mass is 10.1. The van der Waals surface area contributed by atoms with Gasteiger partial charge in [-0.15, -0.1) is 10.2 Å². The lowest BCUT2D eigenvalue weighted by molar-refractivity contribution is 0.102. The number of methoxy groups -OCH3 is 2. The number of benzene rings is 2. The maximum atomic E-state index is 12.4. The van der Waals surface area contributed by atoms with Gasteiger partial charge in [0.1, 0.15) is 5.82 Å². The molecule has 0 saturated carbocycles. The van der Waals surface area contributed by atoms with E-state index >= 15 is 0 Å². The van der Waals surface area contributed by atoms with Gasteiger partial charge in [0.25, 0.3) is 5.91 Å². The summed E-state index contributed by atoms with van der Waals surface area (Å²) >= 11 is 0. The molecule has 0 spiro atoms. The van der Waals surface area contributed by atoms with E-state index in [1.54, 1.807) is 37.4 Å². The van der Waals surface area contributed by atoms with E-state index in [1.807, 2.05) is 37.3 Å². The number of anilines is 2. The predicted molar refractivity (Wildman–Crippen MR) is 108 cm³/mol. The summed E-state index contributed by atoms with van der Waals surface area (Å²) in [6.07, 6.45) is 0. The highest BCUT2D eigenvalue weighted by atomic mass is 16.5. The number of hydrogen-bond donors (Lipinski definition) is 2. The number of carbonyl (C=O) groups excluding carboxylic acids is 1. The van der Waals surface area contributed by atoms with Crippen LogP contribution in [0.15, 0.2) is 60.7 Å². The van der Waals surface area contributed by atoms with Gasteiger partial charge in [-0.25, -0.2) is 0 Å². The SMILES string of the molecule is COc1ccc(C(=O)Nc2ccc(NC(C)c3ccccc3)nn2)cc1OC.